The van der Waals surface area contributed by atoms with Crippen molar-refractivity contribution in [1.82, 2.24) is 9.47 Å². The lowest BCUT2D eigenvalue weighted by atomic mass is 9.89. The lowest BCUT2D eigenvalue weighted by molar-refractivity contribution is 0.109. The van der Waals surface area contributed by atoms with E-state index in [1.54, 1.807) is 12.3 Å². The highest BCUT2D eigenvalue weighted by molar-refractivity contribution is 5.24. The molecule has 0 radical (unpaired) electrons. The molecule has 1 unspecified atom stereocenters. The lowest BCUT2D eigenvalue weighted by Crippen LogP contribution is -2.40. The third kappa shape index (κ3) is 2.86. The number of rotatable bonds is 3. The second-order valence-electron chi connectivity index (χ2n) is 7.08. The SMILES string of the molecule is O=c1cc2n(cc1O)CCN(C(c1ccccc1)C1CCCC1)C2. The van der Waals surface area contributed by atoms with Gasteiger partial charge in [-0.25, -0.2) is 0 Å². The fourth-order valence-electron chi connectivity index (χ4n) is 4.41. The summed E-state index contributed by atoms with van der Waals surface area (Å²) in [6, 6.07) is 12.8. The maximum absolute atomic E-state index is 11.8. The third-order valence-electron chi connectivity index (χ3n) is 5.57. The summed E-state index contributed by atoms with van der Waals surface area (Å²) in [7, 11) is 0. The van der Waals surface area contributed by atoms with Crippen LogP contribution in [0.1, 0.15) is 43.0 Å². The van der Waals surface area contributed by atoms with Gasteiger partial charge >= 0.3 is 0 Å². The van der Waals surface area contributed by atoms with Crippen LogP contribution in [-0.2, 0) is 13.1 Å². The fraction of sp³-hybridized carbons (Fsp3) is 0.450. The van der Waals surface area contributed by atoms with Gasteiger partial charge < -0.3 is 9.67 Å². The van der Waals surface area contributed by atoms with Crippen molar-refractivity contribution in [3.05, 3.63) is 64.1 Å². The van der Waals surface area contributed by atoms with Crippen molar-refractivity contribution in [2.24, 2.45) is 5.92 Å². The average molecular weight is 324 g/mol. The Kier molecular flexibility index (Phi) is 4.15. The zero-order valence-electron chi connectivity index (χ0n) is 13.9. The number of nitrogens with zero attached hydrogens (tertiary/aromatic N) is 2. The van der Waals surface area contributed by atoms with E-state index in [1.165, 1.54) is 31.2 Å². The lowest BCUT2D eigenvalue weighted by Gasteiger charge is -2.39. The van der Waals surface area contributed by atoms with E-state index >= 15 is 0 Å². The summed E-state index contributed by atoms with van der Waals surface area (Å²) in [5, 5.41) is 9.65. The van der Waals surface area contributed by atoms with Crippen LogP contribution >= 0.6 is 0 Å². The second-order valence-corrected chi connectivity index (χ2v) is 7.08. The third-order valence-corrected chi connectivity index (χ3v) is 5.57. The maximum Gasteiger partial charge on any atom is 0.223 e. The van der Waals surface area contributed by atoms with Gasteiger partial charge in [0.25, 0.3) is 0 Å². The molecule has 1 fully saturated rings. The smallest absolute Gasteiger partial charge is 0.223 e. The Morgan fingerprint density at radius 1 is 1.08 bits per heavy atom. The van der Waals surface area contributed by atoms with Crippen molar-refractivity contribution in [3.63, 3.8) is 0 Å². The van der Waals surface area contributed by atoms with Gasteiger partial charge in [0, 0.05) is 37.4 Å². The molecule has 1 N–H and O–H groups in total. The van der Waals surface area contributed by atoms with E-state index in [0.29, 0.717) is 12.0 Å². The Morgan fingerprint density at radius 2 is 1.83 bits per heavy atom. The summed E-state index contributed by atoms with van der Waals surface area (Å²) in [5.74, 6) is 0.547. The van der Waals surface area contributed by atoms with Crippen LogP contribution < -0.4 is 5.43 Å². The summed E-state index contributed by atoms with van der Waals surface area (Å²) in [6.45, 7) is 2.54. The van der Waals surface area contributed by atoms with E-state index in [0.717, 1.165) is 25.3 Å². The Hall–Kier alpha value is -2.07. The number of aromatic nitrogens is 1. The first kappa shape index (κ1) is 15.5. The van der Waals surface area contributed by atoms with Crippen LogP contribution in [0.15, 0.2) is 47.4 Å². The molecule has 0 saturated heterocycles. The molecule has 0 spiro atoms. The minimum absolute atomic E-state index is 0.150. The predicted molar refractivity (Wildman–Crippen MR) is 93.9 cm³/mol. The second kappa shape index (κ2) is 6.44. The number of pyridine rings is 1. The predicted octanol–water partition coefficient (Wildman–Crippen LogP) is 3.30. The zero-order valence-corrected chi connectivity index (χ0v) is 13.9. The molecule has 1 aliphatic carbocycles. The van der Waals surface area contributed by atoms with Gasteiger partial charge in [-0.05, 0) is 24.3 Å². The van der Waals surface area contributed by atoms with Gasteiger partial charge in [0.1, 0.15) is 0 Å². The monoisotopic (exact) mass is 324 g/mol. The molecule has 0 bridgehead atoms. The van der Waals surface area contributed by atoms with Crippen molar-refractivity contribution >= 4 is 0 Å². The molecule has 1 aromatic carbocycles. The quantitative estimate of drug-likeness (QED) is 0.942. The maximum atomic E-state index is 11.8. The largest absolute Gasteiger partial charge is 0.503 e. The minimum atomic E-state index is -0.278. The van der Waals surface area contributed by atoms with Crippen molar-refractivity contribution in [1.29, 1.82) is 0 Å². The normalized spacial score (nSPS) is 20.0. The fourth-order valence-corrected chi connectivity index (χ4v) is 4.41. The van der Waals surface area contributed by atoms with E-state index in [2.05, 4.69) is 35.2 Å². The molecule has 0 amide bonds. The Balaban J connectivity index is 1.66. The summed E-state index contributed by atoms with van der Waals surface area (Å²) in [4.78, 5) is 14.3. The van der Waals surface area contributed by atoms with Gasteiger partial charge in [-0.1, -0.05) is 43.2 Å². The number of fused-ring (bicyclic) bond motifs is 1. The van der Waals surface area contributed by atoms with Gasteiger partial charge in [0.05, 0.1) is 6.20 Å². The van der Waals surface area contributed by atoms with E-state index < -0.39 is 0 Å². The van der Waals surface area contributed by atoms with Crippen molar-refractivity contribution < 1.29 is 5.11 Å². The summed E-state index contributed by atoms with van der Waals surface area (Å²) in [6.07, 6.45) is 6.82. The number of hydrogen-bond donors (Lipinski definition) is 1. The van der Waals surface area contributed by atoms with Crippen LogP contribution in [-0.4, -0.2) is 21.1 Å². The molecule has 2 heterocycles. The molecule has 1 aliphatic heterocycles. The van der Waals surface area contributed by atoms with Gasteiger partial charge in [-0.2, -0.15) is 0 Å². The molecule has 4 heteroatoms. The first-order chi connectivity index (χ1) is 11.7. The Bertz CT molecular complexity index is 763. The van der Waals surface area contributed by atoms with Crippen LogP contribution in [0.5, 0.6) is 5.75 Å². The highest BCUT2D eigenvalue weighted by Crippen LogP contribution is 2.40. The highest BCUT2D eigenvalue weighted by atomic mass is 16.3. The molecular weight excluding hydrogens is 300 g/mol. The molecule has 2 aromatic rings. The Morgan fingerprint density at radius 3 is 2.58 bits per heavy atom. The van der Waals surface area contributed by atoms with Crippen LogP contribution in [0.2, 0.25) is 0 Å². The van der Waals surface area contributed by atoms with E-state index in [4.69, 9.17) is 0 Å². The molecule has 1 saturated carbocycles. The van der Waals surface area contributed by atoms with Gasteiger partial charge in [0.2, 0.25) is 5.43 Å². The first-order valence-electron chi connectivity index (χ1n) is 8.94. The van der Waals surface area contributed by atoms with Crippen molar-refractivity contribution in [2.75, 3.05) is 6.54 Å². The van der Waals surface area contributed by atoms with Crippen LogP contribution in [0.3, 0.4) is 0 Å². The number of hydrogen-bond acceptors (Lipinski definition) is 3. The topological polar surface area (TPSA) is 45.5 Å². The Labute approximate surface area is 142 Å². The molecule has 1 atom stereocenters. The number of benzene rings is 1. The number of aromatic hydroxyl groups is 1. The molecule has 2 aliphatic rings. The van der Waals surface area contributed by atoms with Crippen LogP contribution in [0, 0.1) is 5.92 Å². The van der Waals surface area contributed by atoms with E-state index in [9.17, 15) is 9.90 Å². The van der Waals surface area contributed by atoms with Crippen LogP contribution in [0.4, 0.5) is 0 Å². The van der Waals surface area contributed by atoms with Gasteiger partial charge in [-0.3, -0.25) is 9.69 Å². The molecular formula is C20H24N2O2. The molecule has 4 nitrogen and oxygen atoms in total. The van der Waals surface area contributed by atoms with Crippen molar-refractivity contribution in [2.45, 2.75) is 44.8 Å². The molecule has 4 rings (SSSR count). The van der Waals surface area contributed by atoms with E-state index in [1.807, 2.05) is 4.57 Å². The highest BCUT2D eigenvalue weighted by Gasteiger charge is 2.32. The minimum Gasteiger partial charge on any atom is -0.503 e. The first-order valence-corrected chi connectivity index (χ1v) is 8.94. The summed E-state index contributed by atoms with van der Waals surface area (Å²) < 4.78 is 2.02. The van der Waals surface area contributed by atoms with E-state index in [-0.39, 0.29) is 11.2 Å². The van der Waals surface area contributed by atoms with Crippen molar-refractivity contribution in [3.8, 4) is 5.75 Å². The average Bonchev–Trinajstić information content (AvgIpc) is 3.11. The summed E-state index contributed by atoms with van der Waals surface area (Å²) >= 11 is 0. The molecule has 1 aromatic heterocycles. The molecule has 24 heavy (non-hydrogen) atoms. The summed E-state index contributed by atoms with van der Waals surface area (Å²) in [5.41, 5.74) is 2.11. The van der Waals surface area contributed by atoms with Crippen LogP contribution in [0.25, 0.3) is 0 Å². The standard InChI is InChI=1S/C20H24N2O2/c23-18-12-17-13-22(11-10-21(17)14-19(18)24)20(16-8-4-5-9-16)15-6-2-1-3-7-15/h1-3,6-7,12,14,16,20,24H,4-5,8-11,13H2. The van der Waals surface area contributed by atoms with Gasteiger partial charge in [0.15, 0.2) is 5.75 Å². The zero-order chi connectivity index (χ0) is 16.5. The van der Waals surface area contributed by atoms with Gasteiger partial charge in [-0.15, -0.1) is 0 Å². The molecule has 126 valence electrons.